The number of esters is 1. The molecule has 1 aliphatic carbocycles. The molecule has 0 spiro atoms. The van der Waals surface area contributed by atoms with Gasteiger partial charge in [-0.1, -0.05) is 11.6 Å². The van der Waals surface area contributed by atoms with E-state index >= 15 is 0 Å². The highest BCUT2D eigenvalue weighted by Crippen LogP contribution is 2.35. The molecule has 0 heterocycles. The van der Waals surface area contributed by atoms with Crippen LogP contribution in [0.25, 0.3) is 5.57 Å². The molecule has 1 aromatic carbocycles. The summed E-state index contributed by atoms with van der Waals surface area (Å²) in [5.41, 5.74) is 4.74. The number of ether oxygens (including phenoxy) is 2. The van der Waals surface area contributed by atoms with Crippen LogP contribution < -0.4 is 4.74 Å². The van der Waals surface area contributed by atoms with Gasteiger partial charge in [-0.3, -0.25) is 0 Å². The summed E-state index contributed by atoms with van der Waals surface area (Å²) in [6.07, 6.45) is 4.23. The number of hydrogen-bond acceptors (Lipinski definition) is 3. The van der Waals surface area contributed by atoms with Gasteiger partial charge in [0.2, 0.25) is 0 Å². The molecule has 100 valence electrons. The Morgan fingerprint density at radius 2 is 2.21 bits per heavy atom. The van der Waals surface area contributed by atoms with Crippen LogP contribution in [0.15, 0.2) is 35.9 Å². The van der Waals surface area contributed by atoms with Crippen molar-refractivity contribution in [2.24, 2.45) is 0 Å². The van der Waals surface area contributed by atoms with E-state index in [0.717, 1.165) is 23.3 Å². The summed E-state index contributed by atoms with van der Waals surface area (Å²) in [6, 6.07) is 6.05. The van der Waals surface area contributed by atoms with Crippen LogP contribution in [0.5, 0.6) is 5.75 Å². The quantitative estimate of drug-likeness (QED) is 0.615. The van der Waals surface area contributed by atoms with Crippen molar-refractivity contribution in [1.29, 1.82) is 0 Å². The molecular formula is C16H18O3. The van der Waals surface area contributed by atoms with E-state index in [0.29, 0.717) is 6.61 Å². The molecule has 0 radical (unpaired) electrons. The van der Waals surface area contributed by atoms with E-state index in [1.807, 2.05) is 18.2 Å². The summed E-state index contributed by atoms with van der Waals surface area (Å²) >= 11 is 0. The van der Waals surface area contributed by atoms with Crippen molar-refractivity contribution >= 4 is 11.5 Å². The fourth-order valence-electron chi connectivity index (χ4n) is 2.27. The monoisotopic (exact) mass is 258 g/mol. The fourth-order valence-corrected chi connectivity index (χ4v) is 2.27. The molecule has 0 unspecified atom stereocenters. The number of benzene rings is 1. The highest BCUT2D eigenvalue weighted by atomic mass is 16.5. The number of methoxy groups -OCH3 is 1. The van der Waals surface area contributed by atoms with E-state index in [4.69, 9.17) is 9.47 Å². The standard InChI is InChI=1S/C16H18O3/c1-4-19-16(17)8-7-14-11(2)9-12-5-6-13(18-3)10-15(12)14/h5-8,10H,4,9H2,1-3H3/b8-7+. The lowest BCUT2D eigenvalue weighted by atomic mass is 10.0. The Bertz CT molecular complexity index is 553. The Balaban J connectivity index is 2.28. The van der Waals surface area contributed by atoms with E-state index in [2.05, 4.69) is 13.0 Å². The summed E-state index contributed by atoms with van der Waals surface area (Å²) in [5, 5.41) is 0. The second kappa shape index (κ2) is 5.74. The minimum atomic E-state index is -0.306. The van der Waals surface area contributed by atoms with Crippen molar-refractivity contribution < 1.29 is 14.3 Å². The molecule has 0 aromatic heterocycles. The number of rotatable bonds is 4. The summed E-state index contributed by atoms with van der Waals surface area (Å²) in [7, 11) is 1.65. The van der Waals surface area contributed by atoms with Gasteiger partial charge in [-0.25, -0.2) is 4.79 Å². The number of allylic oxidation sites excluding steroid dienone is 3. The van der Waals surface area contributed by atoms with Crippen molar-refractivity contribution in [3.63, 3.8) is 0 Å². The predicted octanol–water partition coefficient (Wildman–Crippen LogP) is 3.14. The summed E-state index contributed by atoms with van der Waals surface area (Å²) in [5.74, 6) is 0.523. The van der Waals surface area contributed by atoms with E-state index in [1.54, 1.807) is 14.0 Å². The first-order valence-electron chi connectivity index (χ1n) is 6.37. The second-order valence-corrected chi connectivity index (χ2v) is 4.48. The van der Waals surface area contributed by atoms with Gasteiger partial charge in [-0.05, 0) is 55.2 Å². The highest BCUT2D eigenvalue weighted by molar-refractivity contribution is 5.90. The third kappa shape index (κ3) is 2.87. The Morgan fingerprint density at radius 1 is 1.42 bits per heavy atom. The first kappa shape index (κ1) is 13.4. The molecule has 3 nitrogen and oxygen atoms in total. The molecule has 3 heteroatoms. The summed E-state index contributed by atoms with van der Waals surface area (Å²) < 4.78 is 10.1. The number of fused-ring (bicyclic) bond motifs is 1. The first-order chi connectivity index (χ1) is 9.15. The zero-order valence-electron chi connectivity index (χ0n) is 11.5. The molecule has 19 heavy (non-hydrogen) atoms. The average molecular weight is 258 g/mol. The van der Waals surface area contributed by atoms with Gasteiger partial charge in [0.05, 0.1) is 13.7 Å². The Labute approximate surface area is 113 Å². The van der Waals surface area contributed by atoms with Crippen molar-refractivity contribution in [3.8, 4) is 5.75 Å². The van der Waals surface area contributed by atoms with Crippen LogP contribution in [-0.2, 0) is 16.0 Å². The molecule has 0 saturated heterocycles. The molecule has 0 atom stereocenters. The zero-order valence-corrected chi connectivity index (χ0v) is 11.5. The Morgan fingerprint density at radius 3 is 2.89 bits per heavy atom. The minimum Gasteiger partial charge on any atom is -0.497 e. The Hall–Kier alpha value is -2.03. The van der Waals surface area contributed by atoms with Crippen LogP contribution in [0, 0.1) is 0 Å². The minimum absolute atomic E-state index is 0.306. The summed E-state index contributed by atoms with van der Waals surface area (Å²) in [4.78, 5) is 11.4. The predicted molar refractivity (Wildman–Crippen MR) is 75.1 cm³/mol. The lowest BCUT2D eigenvalue weighted by Gasteiger charge is -2.05. The second-order valence-electron chi connectivity index (χ2n) is 4.48. The van der Waals surface area contributed by atoms with Crippen molar-refractivity contribution in [3.05, 3.63) is 47.1 Å². The molecule has 0 aliphatic heterocycles. The van der Waals surface area contributed by atoms with Crippen LogP contribution in [0.3, 0.4) is 0 Å². The lowest BCUT2D eigenvalue weighted by molar-refractivity contribution is -0.137. The molecule has 0 bridgehead atoms. The number of carbonyl (C=O) groups is 1. The summed E-state index contributed by atoms with van der Waals surface area (Å²) in [6.45, 7) is 4.27. The highest BCUT2D eigenvalue weighted by Gasteiger charge is 2.17. The third-order valence-electron chi connectivity index (χ3n) is 3.20. The molecular weight excluding hydrogens is 240 g/mol. The number of carbonyl (C=O) groups excluding carboxylic acids is 1. The van der Waals surface area contributed by atoms with E-state index in [-0.39, 0.29) is 5.97 Å². The van der Waals surface area contributed by atoms with Gasteiger partial charge in [-0.15, -0.1) is 0 Å². The van der Waals surface area contributed by atoms with E-state index in [9.17, 15) is 4.79 Å². The lowest BCUT2D eigenvalue weighted by Crippen LogP contribution is -1.99. The van der Waals surface area contributed by atoms with Gasteiger partial charge < -0.3 is 9.47 Å². The van der Waals surface area contributed by atoms with Crippen LogP contribution in [0.4, 0.5) is 0 Å². The van der Waals surface area contributed by atoms with Gasteiger partial charge in [0.25, 0.3) is 0 Å². The maximum atomic E-state index is 11.4. The van der Waals surface area contributed by atoms with Crippen LogP contribution in [0.1, 0.15) is 25.0 Å². The first-order valence-corrected chi connectivity index (χ1v) is 6.37. The van der Waals surface area contributed by atoms with Crippen molar-refractivity contribution in [2.75, 3.05) is 13.7 Å². The normalized spacial score (nSPS) is 13.8. The van der Waals surface area contributed by atoms with Gasteiger partial charge in [0, 0.05) is 6.08 Å². The molecule has 0 N–H and O–H groups in total. The van der Waals surface area contributed by atoms with Crippen LogP contribution in [-0.4, -0.2) is 19.7 Å². The van der Waals surface area contributed by atoms with E-state index in [1.165, 1.54) is 17.2 Å². The molecule has 0 amide bonds. The largest absolute Gasteiger partial charge is 0.497 e. The van der Waals surface area contributed by atoms with Gasteiger partial charge >= 0.3 is 5.97 Å². The van der Waals surface area contributed by atoms with Crippen molar-refractivity contribution in [1.82, 2.24) is 0 Å². The van der Waals surface area contributed by atoms with E-state index < -0.39 is 0 Å². The average Bonchev–Trinajstić information content (AvgIpc) is 2.71. The van der Waals surface area contributed by atoms with Crippen LogP contribution in [0.2, 0.25) is 0 Å². The van der Waals surface area contributed by atoms with Gasteiger partial charge in [0.15, 0.2) is 0 Å². The molecule has 0 fully saturated rings. The molecule has 0 saturated carbocycles. The molecule has 1 aromatic rings. The Kier molecular flexibility index (Phi) is 4.05. The molecule has 1 aliphatic rings. The maximum Gasteiger partial charge on any atom is 0.330 e. The smallest absolute Gasteiger partial charge is 0.330 e. The van der Waals surface area contributed by atoms with Gasteiger partial charge in [-0.2, -0.15) is 0 Å². The van der Waals surface area contributed by atoms with Crippen LogP contribution >= 0.6 is 0 Å². The molecule has 2 rings (SSSR count). The maximum absolute atomic E-state index is 11.4. The topological polar surface area (TPSA) is 35.5 Å². The number of hydrogen-bond donors (Lipinski definition) is 0. The SMILES string of the molecule is CCOC(=O)/C=C/C1=C(C)Cc2ccc(OC)cc21. The van der Waals surface area contributed by atoms with Crippen molar-refractivity contribution in [2.45, 2.75) is 20.3 Å². The third-order valence-corrected chi connectivity index (χ3v) is 3.20. The zero-order chi connectivity index (χ0) is 13.8. The van der Waals surface area contributed by atoms with Gasteiger partial charge in [0.1, 0.15) is 5.75 Å². The fraction of sp³-hybridized carbons (Fsp3) is 0.312.